The normalized spacial score (nSPS) is 12.8. The van der Waals surface area contributed by atoms with Crippen molar-refractivity contribution in [3.05, 3.63) is 59.2 Å². The minimum absolute atomic E-state index is 1.12. The van der Waals surface area contributed by atoms with Crippen LogP contribution in [0.4, 0.5) is 0 Å². The van der Waals surface area contributed by atoms with Crippen LogP contribution in [0, 0.1) is 0 Å². The van der Waals surface area contributed by atoms with Gasteiger partial charge in [-0.15, -0.1) is 0 Å². The number of rotatable bonds is 7. The van der Waals surface area contributed by atoms with Crippen LogP contribution in [0.5, 0.6) is 0 Å². The van der Waals surface area contributed by atoms with Gasteiger partial charge in [-0.3, -0.25) is 0 Å². The standard InChI is InChI=1S/C21H26S/c1-2-3-4-5-6-7-11-17-13-10-15-21-19(17)16-18-12-8-9-14-20(18)22-21/h8-10,12-15H,2-7,11,16H2,1H3. The van der Waals surface area contributed by atoms with Crippen molar-refractivity contribution in [3.8, 4) is 0 Å². The van der Waals surface area contributed by atoms with E-state index in [9.17, 15) is 0 Å². The average molecular weight is 311 g/mol. The summed E-state index contributed by atoms with van der Waals surface area (Å²) in [6.07, 6.45) is 10.6. The van der Waals surface area contributed by atoms with Gasteiger partial charge < -0.3 is 0 Å². The van der Waals surface area contributed by atoms with Crippen LogP contribution in [-0.4, -0.2) is 0 Å². The number of benzene rings is 2. The number of fused-ring (bicyclic) bond motifs is 2. The molecule has 0 atom stereocenters. The Balaban J connectivity index is 1.63. The molecule has 0 fully saturated rings. The number of aryl methyl sites for hydroxylation is 1. The summed E-state index contributed by atoms with van der Waals surface area (Å²) in [7, 11) is 0. The van der Waals surface area contributed by atoms with Gasteiger partial charge >= 0.3 is 0 Å². The first-order valence-corrected chi connectivity index (χ1v) is 9.56. The lowest BCUT2D eigenvalue weighted by molar-refractivity contribution is 0.606. The fraction of sp³-hybridized carbons (Fsp3) is 0.429. The van der Waals surface area contributed by atoms with Crippen LogP contribution < -0.4 is 0 Å². The lowest BCUT2D eigenvalue weighted by Crippen LogP contribution is -2.03. The molecule has 0 aliphatic carbocycles. The molecule has 0 unspecified atom stereocenters. The van der Waals surface area contributed by atoms with E-state index in [1.165, 1.54) is 60.3 Å². The molecule has 0 N–H and O–H groups in total. The van der Waals surface area contributed by atoms with E-state index in [0.29, 0.717) is 0 Å². The minimum atomic E-state index is 1.12. The minimum Gasteiger partial charge on any atom is -0.0895 e. The molecule has 2 aromatic rings. The zero-order valence-electron chi connectivity index (χ0n) is 13.6. The molecule has 0 bridgehead atoms. The van der Waals surface area contributed by atoms with E-state index in [0.717, 1.165) is 6.42 Å². The Morgan fingerprint density at radius 2 is 1.59 bits per heavy atom. The molecule has 1 heterocycles. The summed E-state index contributed by atoms with van der Waals surface area (Å²) in [5.74, 6) is 0. The van der Waals surface area contributed by atoms with Gasteiger partial charge in [-0.25, -0.2) is 0 Å². The smallest absolute Gasteiger partial charge is 0.0160 e. The molecule has 1 heteroatoms. The molecule has 3 rings (SSSR count). The zero-order chi connectivity index (χ0) is 15.2. The molecule has 116 valence electrons. The van der Waals surface area contributed by atoms with E-state index >= 15 is 0 Å². The lowest BCUT2D eigenvalue weighted by atomic mass is 9.95. The molecule has 0 amide bonds. The molecular weight excluding hydrogens is 284 g/mol. The van der Waals surface area contributed by atoms with Gasteiger partial charge in [0.25, 0.3) is 0 Å². The molecule has 22 heavy (non-hydrogen) atoms. The Morgan fingerprint density at radius 1 is 0.818 bits per heavy atom. The lowest BCUT2D eigenvalue weighted by Gasteiger charge is -2.21. The van der Waals surface area contributed by atoms with Gasteiger partial charge in [-0.1, -0.05) is 81.1 Å². The maximum absolute atomic E-state index is 2.35. The predicted octanol–water partition coefficient (Wildman–Crippen LogP) is 6.65. The van der Waals surface area contributed by atoms with Gasteiger partial charge in [-0.2, -0.15) is 0 Å². The Labute approximate surface area is 139 Å². The van der Waals surface area contributed by atoms with Crippen LogP contribution in [-0.2, 0) is 12.8 Å². The third-order valence-electron chi connectivity index (χ3n) is 4.59. The van der Waals surface area contributed by atoms with Gasteiger partial charge in [0.05, 0.1) is 0 Å². The van der Waals surface area contributed by atoms with E-state index in [4.69, 9.17) is 0 Å². The van der Waals surface area contributed by atoms with Gasteiger partial charge in [-0.05, 0) is 48.1 Å². The highest BCUT2D eigenvalue weighted by Gasteiger charge is 2.17. The summed E-state index contributed by atoms with van der Waals surface area (Å²) in [6.45, 7) is 2.28. The summed E-state index contributed by atoms with van der Waals surface area (Å²) in [4.78, 5) is 2.91. The van der Waals surface area contributed by atoms with E-state index in [1.54, 1.807) is 11.1 Å². The molecule has 1 aliphatic heterocycles. The third kappa shape index (κ3) is 3.76. The Hall–Kier alpha value is -1.21. The molecule has 0 saturated carbocycles. The molecule has 0 saturated heterocycles. The van der Waals surface area contributed by atoms with Crippen LogP contribution in [0.1, 0.15) is 62.1 Å². The second kappa shape index (κ2) is 7.87. The fourth-order valence-corrected chi connectivity index (χ4v) is 4.42. The molecule has 2 aromatic carbocycles. The van der Waals surface area contributed by atoms with Crippen molar-refractivity contribution in [1.29, 1.82) is 0 Å². The summed E-state index contributed by atoms with van der Waals surface area (Å²) < 4.78 is 0. The number of hydrogen-bond donors (Lipinski definition) is 0. The highest BCUT2D eigenvalue weighted by atomic mass is 32.2. The maximum Gasteiger partial charge on any atom is 0.0160 e. The van der Waals surface area contributed by atoms with Crippen molar-refractivity contribution in [3.63, 3.8) is 0 Å². The second-order valence-corrected chi connectivity index (χ2v) is 7.38. The van der Waals surface area contributed by atoms with Crippen LogP contribution in [0.15, 0.2) is 52.3 Å². The second-order valence-electron chi connectivity index (χ2n) is 6.30. The van der Waals surface area contributed by atoms with E-state index in [1.807, 2.05) is 11.8 Å². The van der Waals surface area contributed by atoms with Gasteiger partial charge in [0.15, 0.2) is 0 Å². The monoisotopic (exact) mass is 310 g/mol. The van der Waals surface area contributed by atoms with Gasteiger partial charge in [0.2, 0.25) is 0 Å². The highest BCUT2D eigenvalue weighted by Crippen LogP contribution is 2.40. The Kier molecular flexibility index (Phi) is 5.61. The zero-order valence-corrected chi connectivity index (χ0v) is 14.4. The average Bonchev–Trinajstić information content (AvgIpc) is 2.56. The third-order valence-corrected chi connectivity index (χ3v) is 5.81. The first-order valence-electron chi connectivity index (χ1n) is 8.75. The van der Waals surface area contributed by atoms with Crippen LogP contribution in [0.3, 0.4) is 0 Å². The van der Waals surface area contributed by atoms with E-state index in [-0.39, 0.29) is 0 Å². The van der Waals surface area contributed by atoms with Crippen molar-refractivity contribution in [2.75, 3.05) is 0 Å². The molecule has 0 nitrogen and oxygen atoms in total. The summed E-state index contributed by atoms with van der Waals surface area (Å²) in [5.41, 5.74) is 4.66. The molecule has 0 spiro atoms. The number of unbranched alkanes of at least 4 members (excludes halogenated alkanes) is 5. The molecular formula is C21H26S. The maximum atomic E-state index is 2.35. The molecule has 0 radical (unpaired) electrons. The molecule has 1 aliphatic rings. The summed E-state index contributed by atoms with van der Waals surface area (Å²) in [5, 5.41) is 0. The summed E-state index contributed by atoms with van der Waals surface area (Å²) in [6, 6.07) is 15.7. The quantitative estimate of drug-likeness (QED) is 0.440. The van der Waals surface area contributed by atoms with Crippen molar-refractivity contribution in [1.82, 2.24) is 0 Å². The van der Waals surface area contributed by atoms with E-state index < -0.39 is 0 Å². The number of hydrogen-bond acceptors (Lipinski definition) is 1. The van der Waals surface area contributed by atoms with Crippen molar-refractivity contribution >= 4 is 11.8 Å². The van der Waals surface area contributed by atoms with Crippen LogP contribution in [0.25, 0.3) is 0 Å². The van der Waals surface area contributed by atoms with Gasteiger partial charge in [0, 0.05) is 9.79 Å². The predicted molar refractivity (Wildman–Crippen MR) is 96.9 cm³/mol. The Bertz CT molecular complexity index is 615. The van der Waals surface area contributed by atoms with Crippen molar-refractivity contribution < 1.29 is 0 Å². The highest BCUT2D eigenvalue weighted by molar-refractivity contribution is 7.99. The SMILES string of the molecule is CCCCCCCCc1cccc2c1Cc1ccccc1S2. The van der Waals surface area contributed by atoms with Crippen molar-refractivity contribution in [2.45, 2.75) is 68.1 Å². The molecule has 0 aromatic heterocycles. The van der Waals surface area contributed by atoms with Crippen LogP contribution >= 0.6 is 11.8 Å². The largest absolute Gasteiger partial charge is 0.0895 e. The Morgan fingerprint density at radius 3 is 2.50 bits per heavy atom. The van der Waals surface area contributed by atoms with E-state index in [2.05, 4.69) is 49.4 Å². The van der Waals surface area contributed by atoms with Gasteiger partial charge in [0.1, 0.15) is 0 Å². The topological polar surface area (TPSA) is 0 Å². The summed E-state index contributed by atoms with van der Waals surface area (Å²) >= 11 is 1.95. The first-order chi connectivity index (χ1) is 10.9. The fourth-order valence-electron chi connectivity index (χ4n) is 3.30. The van der Waals surface area contributed by atoms with Crippen molar-refractivity contribution in [2.24, 2.45) is 0 Å². The first kappa shape index (κ1) is 15.7. The van der Waals surface area contributed by atoms with Crippen LogP contribution in [0.2, 0.25) is 0 Å².